The smallest absolute Gasteiger partial charge is 0.471 e. The molecule has 4 aromatic carbocycles. The standard InChI is InChI=1S/C26H39N5O5SSi.C24H33IN6O5Si.C22H20F3N7O7.C17H17IN6O6/c1-10-18-19(36-38(8,9)26(5,6)7)13-20(34-18)31-14-28-21-23(31)29-25(27)30-24(21)35-37(32,33)22-16(3)11-15(2)12-17(22)4;1-7-17-18(36-37(5,6)24(2,3)4)11-19(35-17)30-13-27-20-21(30)28-23(26)29-22(20)34-12-14-8-9-15(25)10-16(14)31(32)33;23-22(24,25)20(35)27-5-1-2-11-3-4-12(13(6-11)32(36)37)9-38-19-17-18(29-21(26)30-19)31(10-28-17)16-7-14(34)15(8-33)39-16;18-9-2-1-8(10(3-9)24(27)28)6-29-16-14-15(21-17(19)22-16)23(7-20-14)13-4-11(26)12(5-25)30-13/h11-12,14,18-20H,10,13H2,1-9H3,(H2,27,29,30);8-10,13,17-19H,7,11-12H2,1-6H3,(H2,26,28,29);3-4,6,10,14-16,33-34H,5,7-9H2,(H,27,35)(H2,26,29,30);1-3,7,11-13,25-26H,4-6H2,(H2,19,21,22)/t18-,19?,20-;17-,18?,19-;14?,15-,16-;11?,12-,13-/m1111/s1. The highest BCUT2D eigenvalue weighted by atomic mass is 127. The lowest BCUT2D eigenvalue weighted by molar-refractivity contribution is -0.386. The van der Waals surface area contributed by atoms with E-state index < -0.39 is 103 Å². The molecule has 12 aromatic rings. The zero-order valence-corrected chi connectivity index (χ0v) is 87.9. The van der Waals surface area contributed by atoms with E-state index in [1.165, 1.54) is 41.5 Å². The van der Waals surface area contributed by atoms with Crippen LogP contribution in [-0.4, -0.2) is 219 Å². The van der Waals surface area contributed by atoms with E-state index in [-0.39, 0.29) is 184 Å². The highest BCUT2D eigenvalue weighted by Gasteiger charge is 2.48. The van der Waals surface area contributed by atoms with Gasteiger partial charge in [0.05, 0.1) is 113 Å². The number of nitro benzene ring substituents is 3. The van der Waals surface area contributed by atoms with Crippen LogP contribution in [0.4, 0.5) is 54.0 Å². The molecular weight excluding hydrogens is 2170 g/mol. The fourth-order valence-corrected chi connectivity index (χ4v) is 20.8. The number of aliphatic hydroxyl groups excluding tert-OH is 4. The lowest BCUT2D eigenvalue weighted by Crippen LogP contribution is -2.45. The minimum atomic E-state index is -5.05. The molecule has 144 heavy (non-hydrogen) atoms. The van der Waals surface area contributed by atoms with Gasteiger partial charge in [0.1, 0.15) is 61.8 Å². The van der Waals surface area contributed by atoms with Crippen molar-refractivity contribution < 1.29 is 108 Å². The van der Waals surface area contributed by atoms with Crippen LogP contribution in [-0.2, 0) is 62.5 Å². The van der Waals surface area contributed by atoms with Gasteiger partial charge < -0.3 is 94.9 Å². The second-order valence-corrected chi connectivity index (χ2v) is 50.7. The summed E-state index contributed by atoms with van der Waals surface area (Å²) in [5.41, 5.74) is 28.8. The average Bonchev–Trinajstić information content (AvgIpc) is 1.62. The maximum absolute atomic E-state index is 13.3. The molecule has 0 aliphatic carbocycles. The quantitative estimate of drug-likeness (QED) is 0.00549. The van der Waals surface area contributed by atoms with Crippen LogP contribution in [0.3, 0.4) is 0 Å². The maximum atomic E-state index is 13.3. The summed E-state index contributed by atoms with van der Waals surface area (Å²) >= 11 is 4.03. The molecular formula is C89H109F3I2N24O23SSi2. The Morgan fingerprint density at radius 1 is 0.521 bits per heavy atom. The van der Waals surface area contributed by atoms with Crippen molar-refractivity contribution in [2.45, 2.75) is 256 Å². The van der Waals surface area contributed by atoms with E-state index in [4.69, 9.17) is 69.1 Å². The van der Waals surface area contributed by atoms with Gasteiger partial charge >= 0.3 is 22.2 Å². The van der Waals surface area contributed by atoms with Gasteiger partial charge in [0.15, 0.2) is 61.3 Å². The number of fused-ring (bicyclic) bond motifs is 4. The van der Waals surface area contributed by atoms with Crippen LogP contribution in [0.1, 0.15) is 158 Å². The van der Waals surface area contributed by atoms with Gasteiger partial charge in [0.25, 0.3) is 22.9 Å². The number of aromatic nitrogens is 16. The number of amides is 1. The first-order valence-electron chi connectivity index (χ1n) is 45.1. The minimum absolute atomic E-state index is 0.0143. The number of halogens is 5. The first kappa shape index (κ1) is 109. The molecule has 55 heteroatoms. The number of aliphatic hydroxyl groups is 4. The molecule has 0 radical (unpaired) electrons. The van der Waals surface area contributed by atoms with Gasteiger partial charge in [-0.1, -0.05) is 84.9 Å². The molecule has 4 fully saturated rings. The van der Waals surface area contributed by atoms with Gasteiger partial charge in [-0.2, -0.15) is 61.5 Å². The summed E-state index contributed by atoms with van der Waals surface area (Å²) in [5.74, 6) is 2.15. The molecule has 12 heterocycles. The number of carbonyl (C=O) groups is 1. The van der Waals surface area contributed by atoms with Crippen LogP contribution in [0.15, 0.2) is 96.9 Å². The molecule has 4 aliphatic heterocycles. The summed E-state index contributed by atoms with van der Waals surface area (Å²) in [7, 11) is -8.22. The Hall–Kier alpha value is -12.1. The van der Waals surface area contributed by atoms with Crippen molar-refractivity contribution >= 4 is 163 Å². The fraction of sp³-hybridized carbons (Fsp3) is 0.472. The predicted octanol–water partition coefficient (Wildman–Crippen LogP) is 12.5. The van der Waals surface area contributed by atoms with Crippen molar-refractivity contribution in [3.05, 3.63) is 168 Å². The van der Waals surface area contributed by atoms with E-state index in [0.29, 0.717) is 63.1 Å². The van der Waals surface area contributed by atoms with Crippen LogP contribution in [0.2, 0.25) is 36.3 Å². The van der Waals surface area contributed by atoms with Crippen molar-refractivity contribution in [1.29, 1.82) is 0 Å². The number of nitrogen functional groups attached to an aromatic ring is 4. The normalized spacial score (nSPS) is 20.3. The van der Waals surface area contributed by atoms with Gasteiger partial charge in [-0.25, -0.2) is 19.9 Å². The molecule has 0 saturated carbocycles. The van der Waals surface area contributed by atoms with E-state index in [9.17, 15) is 77.2 Å². The maximum Gasteiger partial charge on any atom is 0.471 e. The van der Waals surface area contributed by atoms with Gasteiger partial charge in [-0.15, -0.1) is 0 Å². The number of nitro groups is 3. The Bertz CT molecular complexity index is 6960. The molecule has 12 atom stereocenters. The number of benzene rings is 4. The van der Waals surface area contributed by atoms with Gasteiger partial charge in [-0.3, -0.25) is 53.4 Å². The van der Waals surface area contributed by atoms with Gasteiger partial charge in [0, 0.05) is 56.6 Å². The van der Waals surface area contributed by atoms with E-state index in [1.54, 1.807) is 77.4 Å². The second kappa shape index (κ2) is 44.5. The molecule has 4 aliphatic rings. The lowest BCUT2D eigenvalue weighted by atomic mass is 10.1. The van der Waals surface area contributed by atoms with Crippen molar-refractivity contribution in [1.82, 2.24) is 83.4 Å². The Kier molecular flexibility index (Phi) is 33.7. The zero-order chi connectivity index (χ0) is 105. The second-order valence-electron chi connectivity index (χ2n) is 37.2. The molecule has 4 unspecified atom stereocenters. The number of hydrogen-bond acceptors (Lipinski definition) is 39. The number of alkyl halides is 3. The Morgan fingerprint density at radius 2 is 0.847 bits per heavy atom. The van der Waals surface area contributed by atoms with E-state index in [0.717, 1.165) is 31.6 Å². The van der Waals surface area contributed by atoms with E-state index >= 15 is 0 Å². The third kappa shape index (κ3) is 25.0. The Morgan fingerprint density at radius 3 is 1.17 bits per heavy atom. The first-order valence-corrected chi connectivity index (χ1v) is 54.5. The van der Waals surface area contributed by atoms with Crippen LogP contribution >= 0.6 is 45.2 Å². The topological polar surface area (TPSA) is 644 Å². The number of imidazole rings is 4. The van der Waals surface area contributed by atoms with Crippen molar-refractivity contribution in [2.75, 3.05) is 42.7 Å². The van der Waals surface area contributed by atoms with Gasteiger partial charge in [0.2, 0.25) is 41.4 Å². The van der Waals surface area contributed by atoms with Gasteiger partial charge in [-0.05, 0) is 163 Å². The number of rotatable bonds is 28. The summed E-state index contributed by atoms with van der Waals surface area (Å²) < 4.78 is 132. The van der Waals surface area contributed by atoms with E-state index in [2.05, 4.69) is 153 Å². The molecule has 47 nitrogen and oxygen atoms in total. The highest BCUT2D eigenvalue weighted by Crippen LogP contribution is 2.47. The SMILES string of the molecule is CC[C@H]1O[C@@H](n2cnc3c(OCc4ccc(I)cc4[N+](=O)[O-])nc(N)nc32)CC1O[Si](C)(C)C(C)(C)C.CC[C@H]1O[C@@H](n2cnc3c(OS(=O)(=O)c4c(C)cc(C)cc4C)nc(N)nc32)CC1O[Si](C)(C)C(C)(C)C.Nc1nc(OCc2ccc(C#CCNC(=O)C(F)(F)F)cc2[N+](=O)[O-])c2ncn([C@H]3CC(O)[C@@H](CO)O3)c2n1.Nc1nc(OCc2ccc(I)cc2[N+](=O)[O-])c2ncn([C@H]3CC(O)[C@@H](CO)O3)c2n1. The van der Waals surface area contributed by atoms with Crippen molar-refractivity contribution in [3.8, 4) is 35.4 Å². The highest BCUT2D eigenvalue weighted by molar-refractivity contribution is 14.1. The first-order chi connectivity index (χ1) is 67.7. The van der Waals surface area contributed by atoms with Crippen LogP contribution in [0, 0.1) is 70.1 Å². The third-order valence-electron chi connectivity index (χ3n) is 25.0. The zero-order valence-electron chi connectivity index (χ0n) is 80.7. The molecule has 0 spiro atoms. The summed E-state index contributed by atoms with van der Waals surface area (Å²) in [6, 6.07) is 17.2. The number of hydrogen-bond donors (Lipinski definition) is 9. The van der Waals surface area contributed by atoms with Crippen LogP contribution in [0.25, 0.3) is 44.7 Å². The molecule has 1 amide bonds. The minimum Gasteiger partial charge on any atom is -0.471 e. The third-order valence-corrected chi connectivity index (χ3v) is 36.9. The molecule has 8 aromatic heterocycles. The summed E-state index contributed by atoms with van der Waals surface area (Å²) in [5, 5.41) is 74.8. The monoisotopic (exact) mass is 2280 g/mol. The lowest BCUT2D eigenvalue weighted by Gasteiger charge is -2.39. The largest absolute Gasteiger partial charge is 0.471 e. The molecule has 4 saturated heterocycles. The Labute approximate surface area is 850 Å². The number of nitrogens with zero attached hydrogens (tertiary/aromatic N) is 19. The van der Waals surface area contributed by atoms with E-state index in [1.807, 2.05) is 56.7 Å². The number of carbonyl (C=O) groups excluding carboxylic acids is 1. The fourth-order valence-electron chi connectivity index (χ4n) is 15.9. The number of nitrogens with one attached hydrogen (secondary N) is 1. The number of anilines is 4. The van der Waals surface area contributed by atoms with Crippen molar-refractivity contribution in [3.63, 3.8) is 0 Å². The summed E-state index contributed by atoms with van der Waals surface area (Å²) in [6.07, 6.45) is -1.22. The van der Waals surface area contributed by atoms with Crippen LogP contribution < -0.4 is 46.6 Å². The molecule has 772 valence electrons. The predicted molar refractivity (Wildman–Crippen MR) is 536 cm³/mol. The molecule has 13 N–H and O–H groups in total. The average molecular weight is 2280 g/mol. The summed E-state index contributed by atoms with van der Waals surface area (Å²) in [4.78, 5) is 94.6. The van der Waals surface area contributed by atoms with Crippen molar-refractivity contribution in [2.24, 2.45) is 0 Å². The number of ether oxygens (including phenoxy) is 7. The number of aryl methyl sites for hydroxylation is 3. The number of nitrogens with two attached hydrogens (primary N) is 4. The molecule has 16 rings (SSSR count). The Balaban J connectivity index is 0.000000162. The van der Waals surface area contributed by atoms with Crippen LogP contribution in [0.5, 0.6) is 23.5 Å². The molecule has 0 bridgehead atoms. The summed E-state index contributed by atoms with van der Waals surface area (Å²) in [6.45, 7) is 30.0.